The molecule has 1 unspecified atom stereocenters. The van der Waals surface area contributed by atoms with E-state index in [1.807, 2.05) is 18.7 Å². The first-order valence-corrected chi connectivity index (χ1v) is 5.64. The molecule has 0 aliphatic carbocycles. The van der Waals surface area contributed by atoms with Gasteiger partial charge in [0.05, 0.1) is 5.69 Å². The minimum atomic E-state index is 0.627. The lowest BCUT2D eigenvalue weighted by Gasteiger charge is -2.03. The van der Waals surface area contributed by atoms with Crippen LogP contribution in [0.15, 0.2) is 6.07 Å². The first-order chi connectivity index (χ1) is 6.09. The Hall–Kier alpha value is -0.310. The Morgan fingerprint density at radius 2 is 2.31 bits per heavy atom. The number of aromatic nitrogens is 2. The lowest BCUT2D eigenvalue weighted by Crippen LogP contribution is -1.99. The molecule has 0 aliphatic heterocycles. The molecular formula is C10H17BrN2. The van der Waals surface area contributed by atoms with Gasteiger partial charge in [-0.3, -0.25) is 4.68 Å². The fraction of sp³-hybridized carbons (Fsp3) is 0.700. The van der Waals surface area contributed by atoms with Gasteiger partial charge in [-0.05, 0) is 32.3 Å². The molecule has 1 heterocycles. The summed E-state index contributed by atoms with van der Waals surface area (Å²) >= 11 is 3.55. The van der Waals surface area contributed by atoms with Crippen molar-refractivity contribution in [1.82, 2.24) is 9.78 Å². The van der Waals surface area contributed by atoms with E-state index in [0.29, 0.717) is 4.83 Å². The molecule has 1 atom stereocenters. The molecule has 3 heteroatoms. The van der Waals surface area contributed by atoms with E-state index >= 15 is 0 Å². The second kappa shape index (κ2) is 4.80. The molecule has 1 aromatic heterocycles. The van der Waals surface area contributed by atoms with Crippen LogP contribution >= 0.6 is 15.9 Å². The molecule has 0 aromatic carbocycles. The monoisotopic (exact) mass is 244 g/mol. The van der Waals surface area contributed by atoms with E-state index in [1.54, 1.807) is 0 Å². The van der Waals surface area contributed by atoms with Gasteiger partial charge >= 0.3 is 0 Å². The zero-order valence-electron chi connectivity index (χ0n) is 8.55. The van der Waals surface area contributed by atoms with E-state index < -0.39 is 0 Å². The van der Waals surface area contributed by atoms with Crippen LogP contribution in [-0.4, -0.2) is 14.6 Å². The van der Waals surface area contributed by atoms with Crippen molar-refractivity contribution in [2.75, 3.05) is 0 Å². The van der Waals surface area contributed by atoms with Gasteiger partial charge in [0.2, 0.25) is 0 Å². The predicted molar refractivity (Wildman–Crippen MR) is 59.3 cm³/mol. The van der Waals surface area contributed by atoms with Gasteiger partial charge in [-0.2, -0.15) is 5.10 Å². The van der Waals surface area contributed by atoms with Crippen LogP contribution < -0.4 is 0 Å². The fourth-order valence-corrected chi connectivity index (χ4v) is 1.79. The van der Waals surface area contributed by atoms with Crippen LogP contribution in [0.25, 0.3) is 0 Å². The summed E-state index contributed by atoms with van der Waals surface area (Å²) in [6.07, 6.45) is 3.59. The van der Waals surface area contributed by atoms with Gasteiger partial charge in [0, 0.05) is 17.6 Å². The van der Waals surface area contributed by atoms with Crippen LogP contribution in [0.3, 0.4) is 0 Å². The van der Waals surface area contributed by atoms with Crippen molar-refractivity contribution in [3.8, 4) is 0 Å². The SMILES string of the molecule is Cc1cc(CCCC(C)Br)n(C)n1. The van der Waals surface area contributed by atoms with Crippen LogP contribution in [0.4, 0.5) is 0 Å². The molecule has 0 fully saturated rings. The molecular weight excluding hydrogens is 228 g/mol. The number of aryl methyl sites for hydroxylation is 3. The third-order valence-corrected chi connectivity index (χ3v) is 2.59. The third kappa shape index (κ3) is 3.51. The van der Waals surface area contributed by atoms with Crippen molar-refractivity contribution in [2.24, 2.45) is 7.05 Å². The predicted octanol–water partition coefficient (Wildman–Crippen LogP) is 2.83. The van der Waals surface area contributed by atoms with Gasteiger partial charge in [-0.1, -0.05) is 22.9 Å². The number of hydrogen-bond donors (Lipinski definition) is 0. The Labute approximate surface area is 88.5 Å². The van der Waals surface area contributed by atoms with Gasteiger partial charge in [-0.15, -0.1) is 0 Å². The highest BCUT2D eigenvalue weighted by Crippen LogP contribution is 2.11. The Bertz CT molecular complexity index is 266. The maximum atomic E-state index is 4.31. The Balaban J connectivity index is 2.40. The van der Waals surface area contributed by atoms with Crippen LogP contribution in [0.2, 0.25) is 0 Å². The van der Waals surface area contributed by atoms with E-state index in [1.165, 1.54) is 18.5 Å². The molecule has 1 aromatic rings. The summed E-state index contributed by atoms with van der Waals surface area (Å²) in [6, 6.07) is 2.17. The van der Waals surface area contributed by atoms with Crippen LogP contribution in [0.5, 0.6) is 0 Å². The highest BCUT2D eigenvalue weighted by molar-refractivity contribution is 9.09. The van der Waals surface area contributed by atoms with E-state index in [-0.39, 0.29) is 0 Å². The molecule has 0 saturated carbocycles. The number of halogens is 1. The molecule has 1 rings (SSSR count). The lowest BCUT2D eigenvalue weighted by molar-refractivity contribution is 0.658. The van der Waals surface area contributed by atoms with Gasteiger partial charge in [0.15, 0.2) is 0 Å². The molecule has 0 saturated heterocycles. The molecule has 0 bridgehead atoms. The van der Waals surface area contributed by atoms with Crippen LogP contribution in [0, 0.1) is 6.92 Å². The van der Waals surface area contributed by atoms with E-state index in [2.05, 4.69) is 34.0 Å². The molecule has 74 valence electrons. The van der Waals surface area contributed by atoms with Crippen molar-refractivity contribution in [3.63, 3.8) is 0 Å². The van der Waals surface area contributed by atoms with Gasteiger partial charge < -0.3 is 0 Å². The first kappa shape index (κ1) is 10.8. The molecule has 2 nitrogen and oxygen atoms in total. The van der Waals surface area contributed by atoms with Crippen molar-refractivity contribution in [1.29, 1.82) is 0 Å². The zero-order chi connectivity index (χ0) is 9.84. The topological polar surface area (TPSA) is 17.8 Å². The summed E-state index contributed by atoms with van der Waals surface area (Å²) in [5.41, 5.74) is 2.45. The van der Waals surface area contributed by atoms with Crippen LogP contribution in [-0.2, 0) is 13.5 Å². The third-order valence-electron chi connectivity index (χ3n) is 2.13. The molecule has 0 spiro atoms. The summed E-state index contributed by atoms with van der Waals surface area (Å²) in [4.78, 5) is 0.627. The van der Waals surface area contributed by atoms with Gasteiger partial charge in [-0.25, -0.2) is 0 Å². The highest BCUT2D eigenvalue weighted by Gasteiger charge is 2.02. The lowest BCUT2D eigenvalue weighted by atomic mass is 10.1. The number of nitrogens with zero attached hydrogens (tertiary/aromatic N) is 2. The molecule has 0 aliphatic rings. The molecule has 0 amide bonds. The summed E-state index contributed by atoms with van der Waals surface area (Å²) in [5, 5.41) is 4.31. The quantitative estimate of drug-likeness (QED) is 0.746. The average Bonchev–Trinajstić information content (AvgIpc) is 2.29. The second-order valence-electron chi connectivity index (χ2n) is 3.57. The second-order valence-corrected chi connectivity index (χ2v) is 5.14. The van der Waals surface area contributed by atoms with Crippen molar-refractivity contribution in [2.45, 2.75) is 37.9 Å². The van der Waals surface area contributed by atoms with E-state index in [4.69, 9.17) is 0 Å². The maximum absolute atomic E-state index is 4.31. The Kier molecular flexibility index (Phi) is 3.97. The van der Waals surface area contributed by atoms with Crippen molar-refractivity contribution >= 4 is 15.9 Å². The summed E-state index contributed by atoms with van der Waals surface area (Å²) in [6.45, 7) is 4.23. The minimum Gasteiger partial charge on any atom is -0.272 e. The first-order valence-electron chi connectivity index (χ1n) is 4.73. The number of rotatable bonds is 4. The number of alkyl halides is 1. The average molecular weight is 245 g/mol. The maximum Gasteiger partial charge on any atom is 0.0596 e. The smallest absolute Gasteiger partial charge is 0.0596 e. The van der Waals surface area contributed by atoms with E-state index in [9.17, 15) is 0 Å². The fourth-order valence-electron chi connectivity index (χ4n) is 1.46. The van der Waals surface area contributed by atoms with Gasteiger partial charge in [0.1, 0.15) is 0 Å². The Morgan fingerprint density at radius 3 is 2.77 bits per heavy atom. The highest BCUT2D eigenvalue weighted by atomic mass is 79.9. The van der Waals surface area contributed by atoms with Crippen molar-refractivity contribution in [3.05, 3.63) is 17.5 Å². The molecule has 0 radical (unpaired) electrons. The molecule has 13 heavy (non-hydrogen) atoms. The zero-order valence-corrected chi connectivity index (χ0v) is 10.1. The largest absolute Gasteiger partial charge is 0.272 e. The number of hydrogen-bond acceptors (Lipinski definition) is 1. The summed E-state index contributed by atoms with van der Waals surface area (Å²) < 4.78 is 1.98. The van der Waals surface area contributed by atoms with Gasteiger partial charge in [0.25, 0.3) is 0 Å². The summed E-state index contributed by atoms with van der Waals surface area (Å²) in [7, 11) is 2.01. The van der Waals surface area contributed by atoms with Crippen molar-refractivity contribution < 1.29 is 0 Å². The Morgan fingerprint density at radius 1 is 1.62 bits per heavy atom. The standard InChI is InChI=1S/C10H17BrN2/c1-8(11)5-4-6-10-7-9(2)12-13(10)3/h7-8H,4-6H2,1-3H3. The molecule has 0 N–H and O–H groups in total. The van der Waals surface area contributed by atoms with E-state index in [0.717, 1.165) is 12.1 Å². The summed E-state index contributed by atoms with van der Waals surface area (Å²) in [5.74, 6) is 0. The normalized spacial score (nSPS) is 13.2. The van der Waals surface area contributed by atoms with Crippen LogP contribution in [0.1, 0.15) is 31.2 Å². The minimum absolute atomic E-state index is 0.627.